The third-order valence-corrected chi connectivity index (χ3v) is 2.03. The third-order valence-electron chi connectivity index (χ3n) is 1.07. The number of carbonyl (C=O) groups excluding carboxylic acids is 1. The number of rotatable bonds is 5. The quantitative estimate of drug-likeness (QED) is 0.282. The van der Waals surface area contributed by atoms with Gasteiger partial charge < -0.3 is 15.5 Å². The number of nitrogens with two attached hydrogens (primary N) is 1. The molecule has 0 unspecified atom stereocenters. The fourth-order valence-corrected chi connectivity index (χ4v) is 1.25. The molecule has 0 aliphatic carbocycles. The Hall–Kier alpha value is -0.0700. The highest BCUT2D eigenvalue weighted by Crippen LogP contribution is 2.32. The van der Waals surface area contributed by atoms with Crippen molar-refractivity contribution in [1.82, 2.24) is 5.32 Å². The maximum Gasteiger partial charge on any atom is 0.339 e. The van der Waals surface area contributed by atoms with E-state index >= 15 is 0 Å². The van der Waals surface area contributed by atoms with E-state index in [0.717, 1.165) is 0 Å². The Morgan fingerprint density at radius 2 is 2.17 bits per heavy atom. The van der Waals surface area contributed by atoms with Crippen molar-refractivity contribution < 1.29 is 19.1 Å². The van der Waals surface area contributed by atoms with Crippen LogP contribution in [0.1, 0.15) is 0 Å². The van der Waals surface area contributed by atoms with Crippen molar-refractivity contribution in [1.29, 1.82) is 0 Å². The molecule has 0 aromatic carbocycles. The zero-order valence-corrected chi connectivity index (χ0v) is 7.96. The first-order valence-corrected chi connectivity index (χ1v) is 5.48. The lowest BCUT2D eigenvalue weighted by Crippen LogP contribution is -2.42. The Morgan fingerprint density at radius 1 is 1.67 bits per heavy atom. The fraction of sp³-hybridized carbons (Fsp3) is 0.750. The second-order valence-corrected chi connectivity index (χ2v) is 4.18. The van der Waals surface area contributed by atoms with E-state index in [1.54, 1.807) is 0 Å². The Bertz CT molecular complexity index is 205. The van der Waals surface area contributed by atoms with E-state index < -0.39 is 25.8 Å². The summed E-state index contributed by atoms with van der Waals surface area (Å²) in [6, 6.07) is -0.805. The summed E-state index contributed by atoms with van der Waals surface area (Å²) in [6.45, 7) is 0. The summed E-state index contributed by atoms with van der Waals surface area (Å²) in [5.74, 6) is -0.576. The summed E-state index contributed by atoms with van der Waals surface area (Å²) in [5.41, 5.74) is 4.87. The van der Waals surface area contributed by atoms with Crippen LogP contribution >= 0.6 is 20.2 Å². The summed E-state index contributed by atoms with van der Waals surface area (Å²) in [4.78, 5) is 27.3. The highest BCUT2D eigenvalue weighted by atomic mass is 32.1. The summed E-state index contributed by atoms with van der Waals surface area (Å²) < 4.78 is 10.3. The number of hydrogen-bond donors (Lipinski definition) is 5. The van der Waals surface area contributed by atoms with Gasteiger partial charge in [-0.1, -0.05) is 0 Å². The van der Waals surface area contributed by atoms with E-state index in [4.69, 9.17) is 15.5 Å². The third kappa shape index (κ3) is 5.56. The average Bonchev–Trinajstić information content (AvgIpc) is 1.85. The Labute approximate surface area is 75.1 Å². The predicted octanol–water partition coefficient (Wildman–Crippen LogP) is -1.51. The van der Waals surface area contributed by atoms with Gasteiger partial charge in [0.05, 0.1) is 12.3 Å². The van der Waals surface area contributed by atoms with E-state index in [9.17, 15) is 9.36 Å². The molecule has 0 rings (SSSR count). The molecule has 0 bridgehead atoms. The van der Waals surface area contributed by atoms with E-state index in [1.807, 2.05) is 0 Å². The van der Waals surface area contributed by atoms with Crippen LogP contribution in [-0.2, 0) is 9.36 Å². The maximum absolute atomic E-state index is 10.5. The van der Waals surface area contributed by atoms with Crippen molar-refractivity contribution in [2.75, 3.05) is 12.0 Å². The van der Waals surface area contributed by atoms with Gasteiger partial charge in [-0.2, -0.15) is 12.6 Å². The van der Waals surface area contributed by atoms with Gasteiger partial charge >= 0.3 is 7.60 Å². The van der Waals surface area contributed by atoms with Crippen molar-refractivity contribution in [2.45, 2.75) is 6.04 Å². The molecule has 0 saturated heterocycles. The molecule has 0 aromatic rings. The van der Waals surface area contributed by atoms with Crippen LogP contribution in [0.4, 0.5) is 0 Å². The normalized spacial score (nSPS) is 14.2. The number of thiol groups is 1. The topological polar surface area (TPSA) is 113 Å². The number of nitrogens with one attached hydrogen (secondary N) is 1. The molecule has 0 radical (unpaired) electrons. The van der Waals surface area contributed by atoms with E-state index in [-0.39, 0.29) is 5.75 Å². The van der Waals surface area contributed by atoms with Crippen LogP contribution in [0.3, 0.4) is 0 Å². The zero-order chi connectivity index (χ0) is 9.78. The van der Waals surface area contributed by atoms with Crippen LogP contribution in [-0.4, -0.2) is 33.8 Å². The van der Waals surface area contributed by atoms with Gasteiger partial charge in [-0.05, 0) is 0 Å². The number of amides is 1. The van der Waals surface area contributed by atoms with Crippen LogP contribution in [0.5, 0.6) is 0 Å². The molecule has 72 valence electrons. The molecule has 5 N–H and O–H groups in total. The molecule has 0 saturated carbocycles. The number of primary amides is 1. The molecule has 6 nitrogen and oxygen atoms in total. The Kier molecular flexibility index (Phi) is 4.81. The fourth-order valence-electron chi connectivity index (χ4n) is 0.484. The average molecular weight is 214 g/mol. The minimum Gasteiger partial charge on any atom is -0.368 e. The van der Waals surface area contributed by atoms with Crippen LogP contribution in [0.25, 0.3) is 0 Å². The van der Waals surface area contributed by atoms with E-state index in [2.05, 4.69) is 17.9 Å². The second-order valence-electron chi connectivity index (χ2n) is 2.16. The van der Waals surface area contributed by atoms with Gasteiger partial charge in [0.1, 0.15) is 0 Å². The van der Waals surface area contributed by atoms with Crippen molar-refractivity contribution in [3.05, 3.63) is 0 Å². The lowest BCUT2D eigenvalue weighted by Gasteiger charge is -2.12. The minimum absolute atomic E-state index is 0.106. The van der Waals surface area contributed by atoms with Gasteiger partial charge in [-0.3, -0.25) is 14.7 Å². The van der Waals surface area contributed by atoms with Gasteiger partial charge in [0.2, 0.25) is 5.91 Å². The molecule has 1 amide bonds. The largest absolute Gasteiger partial charge is 0.368 e. The Balaban J connectivity index is 3.90. The van der Waals surface area contributed by atoms with Crippen LogP contribution in [0.2, 0.25) is 0 Å². The summed E-state index contributed by atoms with van der Waals surface area (Å²) >= 11 is 3.77. The van der Waals surface area contributed by atoms with Gasteiger partial charge in [-0.25, -0.2) is 0 Å². The lowest BCUT2D eigenvalue weighted by atomic mass is 10.3. The van der Waals surface area contributed by atoms with Gasteiger partial charge in [-0.15, -0.1) is 0 Å². The van der Waals surface area contributed by atoms with Crippen molar-refractivity contribution in [3.63, 3.8) is 0 Å². The monoisotopic (exact) mass is 214 g/mol. The van der Waals surface area contributed by atoms with E-state index in [0.29, 0.717) is 0 Å². The maximum atomic E-state index is 10.5. The molecule has 8 heteroatoms. The molecule has 1 atom stereocenters. The van der Waals surface area contributed by atoms with Crippen LogP contribution in [0, 0.1) is 0 Å². The first-order chi connectivity index (χ1) is 5.37. The molecule has 0 fully saturated rings. The van der Waals surface area contributed by atoms with Crippen molar-refractivity contribution in [3.8, 4) is 0 Å². The summed E-state index contributed by atoms with van der Waals surface area (Å²) in [7, 11) is -4.13. The second kappa shape index (κ2) is 4.84. The summed E-state index contributed by atoms with van der Waals surface area (Å²) in [6.07, 6.45) is -0.568. The molecule has 0 aromatic heterocycles. The lowest BCUT2D eigenvalue weighted by molar-refractivity contribution is -0.119. The van der Waals surface area contributed by atoms with Crippen molar-refractivity contribution >= 4 is 26.1 Å². The first-order valence-electron chi connectivity index (χ1n) is 3.05. The van der Waals surface area contributed by atoms with Gasteiger partial charge in [0.25, 0.3) is 0 Å². The smallest absolute Gasteiger partial charge is 0.339 e. The number of hydrogen-bond acceptors (Lipinski definition) is 4. The predicted molar refractivity (Wildman–Crippen MR) is 46.9 cm³/mol. The first kappa shape index (κ1) is 11.9. The van der Waals surface area contributed by atoms with E-state index in [1.165, 1.54) is 0 Å². The Morgan fingerprint density at radius 3 is 2.42 bits per heavy atom. The van der Waals surface area contributed by atoms with Crippen LogP contribution < -0.4 is 11.1 Å². The highest BCUT2D eigenvalue weighted by Gasteiger charge is 2.18. The SMILES string of the molecule is NC(=O)[C@H](CS)NCP(=O)(O)O. The molecule has 12 heavy (non-hydrogen) atoms. The molecule has 0 aliphatic rings. The molecule has 0 heterocycles. The molecule has 0 aliphatic heterocycles. The standard InChI is InChI=1S/C4H11N2O4PS/c5-4(7)3(1-12)6-2-11(8,9)10/h3,6,12H,1-2H2,(H2,5,7)(H2,8,9,10)/t3-/m0/s1. The molecular weight excluding hydrogens is 203 g/mol. The highest BCUT2D eigenvalue weighted by molar-refractivity contribution is 7.80. The van der Waals surface area contributed by atoms with Gasteiger partial charge in [0, 0.05) is 5.75 Å². The minimum atomic E-state index is -4.13. The molecule has 0 spiro atoms. The molecular formula is C4H11N2O4PS. The number of carbonyl (C=O) groups is 1. The van der Waals surface area contributed by atoms with Crippen molar-refractivity contribution in [2.24, 2.45) is 5.73 Å². The van der Waals surface area contributed by atoms with Gasteiger partial charge in [0.15, 0.2) is 0 Å². The zero-order valence-electron chi connectivity index (χ0n) is 6.17. The van der Waals surface area contributed by atoms with Crippen LogP contribution in [0.15, 0.2) is 0 Å². The summed E-state index contributed by atoms with van der Waals surface area (Å²) in [5, 5.41) is 2.29.